The SMILES string of the molecule is O=C(COCc1ccccc1)N1CCN([C@H](C(=O)N2CCc3ccccc3C2)C2CCCC2)CC1. The second kappa shape index (κ2) is 11.4. The van der Waals surface area contributed by atoms with E-state index in [-0.39, 0.29) is 24.5 Å². The van der Waals surface area contributed by atoms with Crippen molar-refractivity contribution in [2.75, 3.05) is 39.3 Å². The van der Waals surface area contributed by atoms with Crippen LogP contribution in [0.2, 0.25) is 0 Å². The van der Waals surface area contributed by atoms with Gasteiger partial charge in [0.2, 0.25) is 11.8 Å². The predicted octanol–water partition coefficient (Wildman–Crippen LogP) is 3.49. The largest absolute Gasteiger partial charge is 0.367 e. The molecule has 3 aliphatic rings. The van der Waals surface area contributed by atoms with E-state index in [2.05, 4.69) is 34.1 Å². The molecule has 35 heavy (non-hydrogen) atoms. The fourth-order valence-electron chi connectivity index (χ4n) is 5.97. The molecule has 0 aromatic heterocycles. The molecule has 1 aliphatic carbocycles. The van der Waals surface area contributed by atoms with Crippen molar-refractivity contribution in [3.63, 3.8) is 0 Å². The Morgan fingerprint density at radius 3 is 2.26 bits per heavy atom. The van der Waals surface area contributed by atoms with Gasteiger partial charge in [-0.2, -0.15) is 0 Å². The molecule has 6 heteroatoms. The van der Waals surface area contributed by atoms with E-state index < -0.39 is 0 Å². The average molecular weight is 476 g/mol. The monoisotopic (exact) mass is 475 g/mol. The van der Waals surface area contributed by atoms with E-state index in [4.69, 9.17) is 4.74 Å². The Labute approximate surface area is 208 Å². The van der Waals surface area contributed by atoms with E-state index in [0.717, 1.165) is 51.0 Å². The highest BCUT2D eigenvalue weighted by molar-refractivity contribution is 5.83. The maximum Gasteiger partial charge on any atom is 0.248 e. The molecule has 2 heterocycles. The molecule has 5 rings (SSSR count). The van der Waals surface area contributed by atoms with Crippen LogP contribution in [-0.4, -0.2) is 71.9 Å². The summed E-state index contributed by atoms with van der Waals surface area (Å²) in [5.74, 6) is 0.755. The third-order valence-corrected chi connectivity index (χ3v) is 7.94. The van der Waals surface area contributed by atoms with Gasteiger partial charge in [0.15, 0.2) is 0 Å². The minimum absolute atomic E-state index is 0.0389. The molecule has 2 amide bonds. The van der Waals surface area contributed by atoms with Gasteiger partial charge in [0, 0.05) is 39.3 Å². The fourth-order valence-corrected chi connectivity index (χ4v) is 5.97. The van der Waals surface area contributed by atoms with Gasteiger partial charge in [0.25, 0.3) is 0 Å². The van der Waals surface area contributed by atoms with Crippen LogP contribution < -0.4 is 0 Å². The Bertz CT molecular complexity index is 997. The van der Waals surface area contributed by atoms with Crippen LogP contribution in [0.3, 0.4) is 0 Å². The molecule has 186 valence electrons. The maximum absolute atomic E-state index is 13.9. The highest BCUT2D eigenvalue weighted by Gasteiger charge is 2.39. The first kappa shape index (κ1) is 24.0. The van der Waals surface area contributed by atoms with Gasteiger partial charge in [0.05, 0.1) is 12.6 Å². The lowest BCUT2D eigenvalue weighted by Crippen LogP contribution is -2.59. The second-order valence-electron chi connectivity index (χ2n) is 10.2. The molecule has 0 unspecified atom stereocenters. The number of rotatable bonds is 7. The normalized spacial score (nSPS) is 20.0. The van der Waals surface area contributed by atoms with Crippen LogP contribution in [0, 0.1) is 5.92 Å². The molecule has 2 aromatic rings. The van der Waals surface area contributed by atoms with Crippen LogP contribution in [0.1, 0.15) is 42.4 Å². The number of ether oxygens (including phenoxy) is 1. The van der Waals surface area contributed by atoms with Crippen molar-refractivity contribution in [2.24, 2.45) is 5.92 Å². The van der Waals surface area contributed by atoms with Crippen LogP contribution in [0.4, 0.5) is 0 Å². The van der Waals surface area contributed by atoms with E-state index in [0.29, 0.717) is 25.6 Å². The summed E-state index contributed by atoms with van der Waals surface area (Å²) in [5.41, 5.74) is 3.72. The smallest absolute Gasteiger partial charge is 0.248 e. The molecule has 0 N–H and O–H groups in total. The third-order valence-electron chi connectivity index (χ3n) is 7.94. The van der Waals surface area contributed by atoms with E-state index in [9.17, 15) is 9.59 Å². The Morgan fingerprint density at radius 2 is 1.51 bits per heavy atom. The number of amides is 2. The van der Waals surface area contributed by atoms with Crippen LogP contribution in [0.25, 0.3) is 0 Å². The molecule has 0 bridgehead atoms. The number of piperazine rings is 1. The van der Waals surface area contributed by atoms with Gasteiger partial charge in [-0.15, -0.1) is 0 Å². The zero-order chi connectivity index (χ0) is 24.0. The van der Waals surface area contributed by atoms with Crippen molar-refractivity contribution in [1.29, 1.82) is 0 Å². The van der Waals surface area contributed by atoms with Gasteiger partial charge in [0.1, 0.15) is 6.61 Å². The lowest BCUT2D eigenvalue weighted by Gasteiger charge is -2.43. The third kappa shape index (κ3) is 5.76. The van der Waals surface area contributed by atoms with Crippen LogP contribution >= 0.6 is 0 Å². The standard InChI is InChI=1S/C29H37N3O3/c33-27(22-35-21-23-8-2-1-3-9-23)30-16-18-31(19-17-30)28(25-11-5-6-12-25)29(34)32-15-14-24-10-4-7-13-26(24)20-32/h1-4,7-10,13,25,28H,5-6,11-12,14-22H2/t28-/m0/s1. The number of hydrogen-bond donors (Lipinski definition) is 0. The minimum Gasteiger partial charge on any atom is -0.367 e. The van der Waals surface area contributed by atoms with Gasteiger partial charge >= 0.3 is 0 Å². The molecule has 1 saturated carbocycles. The first-order valence-corrected chi connectivity index (χ1v) is 13.2. The molecule has 2 fully saturated rings. The highest BCUT2D eigenvalue weighted by atomic mass is 16.5. The Morgan fingerprint density at radius 1 is 0.829 bits per heavy atom. The van der Waals surface area contributed by atoms with Crippen molar-refractivity contribution in [1.82, 2.24) is 14.7 Å². The summed E-state index contributed by atoms with van der Waals surface area (Å²) in [5, 5.41) is 0. The molecule has 0 spiro atoms. The minimum atomic E-state index is -0.0608. The Kier molecular flexibility index (Phi) is 7.79. The highest BCUT2D eigenvalue weighted by Crippen LogP contribution is 2.33. The molecular formula is C29H37N3O3. The predicted molar refractivity (Wildman–Crippen MR) is 136 cm³/mol. The van der Waals surface area contributed by atoms with Crippen molar-refractivity contribution in [2.45, 2.75) is 51.3 Å². The van der Waals surface area contributed by atoms with Gasteiger partial charge in [-0.1, -0.05) is 67.4 Å². The molecule has 2 aliphatic heterocycles. The second-order valence-corrected chi connectivity index (χ2v) is 10.2. The first-order valence-electron chi connectivity index (χ1n) is 13.2. The number of hydrogen-bond acceptors (Lipinski definition) is 4. The van der Waals surface area contributed by atoms with E-state index in [1.165, 1.54) is 24.0 Å². The molecule has 0 radical (unpaired) electrons. The van der Waals surface area contributed by atoms with Crippen molar-refractivity contribution >= 4 is 11.8 Å². The summed E-state index contributed by atoms with van der Waals surface area (Å²) in [6.45, 7) is 4.89. The van der Waals surface area contributed by atoms with Gasteiger partial charge in [-0.3, -0.25) is 14.5 Å². The average Bonchev–Trinajstić information content (AvgIpc) is 3.44. The van der Waals surface area contributed by atoms with Crippen LogP contribution in [0.5, 0.6) is 0 Å². The summed E-state index contributed by atoms with van der Waals surface area (Å²) in [7, 11) is 0. The number of nitrogens with zero attached hydrogens (tertiary/aromatic N) is 3. The number of carbonyl (C=O) groups excluding carboxylic acids is 2. The lowest BCUT2D eigenvalue weighted by molar-refractivity contribution is -0.143. The maximum atomic E-state index is 13.9. The molecule has 6 nitrogen and oxygen atoms in total. The summed E-state index contributed by atoms with van der Waals surface area (Å²) in [6, 6.07) is 18.4. The van der Waals surface area contributed by atoms with Crippen LogP contribution in [-0.2, 0) is 33.9 Å². The van der Waals surface area contributed by atoms with E-state index >= 15 is 0 Å². The number of fused-ring (bicyclic) bond motifs is 1. The summed E-state index contributed by atoms with van der Waals surface area (Å²) in [6.07, 6.45) is 5.63. The van der Waals surface area contributed by atoms with E-state index in [1.54, 1.807) is 0 Å². The van der Waals surface area contributed by atoms with Gasteiger partial charge in [-0.05, 0) is 41.9 Å². The van der Waals surface area contributed by atoms with Crippen molar-refractivity contribution in [3.8, 4) is 0 Å². The molecule has 1 atom stereocenters. The number of carbonyl (C=O) groups is 2. The quantitative estimate of drug-likeness (QED) is 0.615. The van der Waals surface area contributed by atoms with Gasteiger partial charge < -0.3 is 14.5 Å². The van der Waals surface area contributed by atoms with Gasteiger partial charge in [-0.25, -0.2) is 0 Å². The molecule has 1 saturated heterocycles. The Balaban J connectivity index is 1.17. The van der Waals surface area contributed by atoms with E-state index in [1.807, 2.05) is 35.2 Å². The molecule has 2 aromatic carbocycles. The number of benzene rings is 2. The van der Waals surface area contributed by atoms with Crippen LogP contribution in [0.15, 0.2) is 54.6 Å². The Hall–Kier alpha value is -2.70. The van der Waals surface area contributed by atoms with Crippen molar-refractivity contribution in [3.05, 3.63) is 71.3 Å². The lowest BCUT2D eigenvalue weighted by atomic mass is 9.92. The summed E-state index contributed by atoms with van der Waals surface area (Å²) >= 11 is 0. The topological polar surface area (TPSA) is 53.1 Å². The fraction of sp³-hybridized carbons (Fsp3) is 0.517. The zero-order valence-electron chi connectivity index (χ0n) is 20.6. The summed E-state index contributed by atoms with van der Waals surface area (Å²) in [4.78, 5) is 32.9. The first-order chi connectivity index (χ1) is 17.2. The zero-order valence-corrected chi connectivity index (χ0v) is 20.6. The van der Waals surface area contributed by atoms with Crippen molar-refractivity contribution < 1.29 is 14.3 Å². The molecular weight excluding hydrogens is 438 g/mol. The summed E-state index contributed by atoms with van der Waals surface area (Å²) < 4.78 is 5.67.